The number of aromatic nitrogens is 2. The molecule has 0 spiro atoms. The van der Waals surface area contributed by atoms with E-state index < -0.39 is 0 Å². The van der Waals surface area contributed by atoms with Gasteiger partial charge in [0.2, 0.25) is 5.91 Å². The van der Waals surface area contributed by atoms with E-state index in [0.717, 1.165) is 61.3 Å². The van der Waals surface area contributed by atoms with Crippen molar-refractivity contribution in [3.8, 4) is 0 Å². The zero-order chi connectivity index (χ0) is 18.8. The highest BCUT2D eigenvalue weighted by atomic mass is 16.2. The van der Waals surface area contributed by atoms with Crippen LogP contribution in [0, 0.1) is 43.9 Å². The van der Waals surface area contributed by atoms with E-state index in [1.54, 1.807) is 0 Å². The maximum absolute atomic E-state index is 13.6. The van der Waals surface area contributed by atoms with E-state index in [9.17, 15) is 4.79 Å². The van der Waals surface area contributed by atoms with Crippen molar-refractivity contribution in [2.75, 3.05) is 31.1 Å². The van der Waals surface area contributed by atoms with E-state index in [0.29, 0.717) is 5.91 Å². The summed E-state index contributed by atoms with van der Waals surface area (Å²) >= 11 is 0. The van der Waals surface area contributed by atoms with E-state index in [1.807, 2.05) is 6.92 Å². The Labute approximate surface area is 162 Å². The molecular formula is C22H32N4O. The van der Waals surface area contributed by atoms with Crippen molar-refractivity contribution in [3.05, 3.63) is 17.1 Å². The number of hydrogen-bond acceptors (Lipinski definition) is 4. The van der Waals surface area contributed by atoms with Gasteiger partial charge in [-0.05, 0) is 77.0 Å². The fraction of sp³-hybridized carbons (Fsp3) is 0.773. The van der Waals surface area contributed by atoms with Gasteiger partial charge in [-0.1, -0.05) is 0 Å². The quantitative estimate of drug-likeness (QED) is 0.804. The molecule has 0 atom stereocenters. The topological polar surface area (TPSA) is 49.3 Å². The van der Waals surface area contributed by atoms with Crippen LogP contribution in [0.25, 0.3) is 0 Å². The van der Waals surface area contributed by atoms with Gasteiger partial charge in [0.25, 0.3) is 0 Å². The maximum Gasteiger partial charge on any atom is 0.228 e. The van der Waals surface area contributed by atoms with E-state index >= 15 is 0 Å². The summed E-state index contributed by atoms with van der Waals surface area (Å²) < 4.78 is 0. The van der Waals surface area contributed by atoms with Gasteiger partial charge in [-0.25, -0.2) is 9.97 Å². The summed E-state index contributed by atoms with van der Waals surface area (Å²) in [5.41, 5.74) is 2.22. The number of aryl methyl sites for hydroxylation is 2. The first-order valence-electron chi connectivity index (χ1n) is 10.8. The van der Waals surface area contributed by atoms with Gasteiger partial charge in [0, 0.05) is 37.4 Å². The molecule has 4 saturated carbocycles. The van der Waals surface area contributed by atoms with Crippen molar-refractivity contribution >= 4 is 11.7 Å². The zero-order valence-corrected chi connectivity index (χ0v) is 17.0. The van der Waals surface area contributed by atoms with Gasteiger partial charge >= 0.3 is 0 Å². The third-order valence-electron chi connectivity index (χ3n) is 7.83. The fourth-order valence-corrected chi connectivity index (χ4v) is 6.89. The predicted octanol–water partition coefficient (Wildman–Crippen LogP) is 3.27. The van der Waals surface area contributed by atoms with Crippen molar-refractivity contribution in [3.63, 3.8) is 0 Å². The SMILES string of the molecule is Cc1nc(C)c(C)c(N2CCN(C(=O)C34CC5CC(CC(C5)C3)C4)CC2)n1. The molecule has 1 aliphatic heterocycles. The van der Waals surface area contributed by atoms with Crippen LogP contribution in [0.5, 0.6) is 0 Å². The molecule has 1 aromatic rings. The minimum atomic E-state index is -0.00503. The summed E-state index contributed by atoms with van der Waals surface area (Å²) in [5.74, 6) is 4.86. The van der Waals surface area contributed by atoms with Gasteiger partial charge in [0.1, 0.15) is 11.6 Å². The van der Waals surface area contributed by atoms with Gasteiger partial charge < -0.3 is 9.80 Å². The summed E-state index contributed by atoms with van der Waals surface area (Å²) in [7, 11) is 0. The average Bonchev–Trinajstić information content (AvgIpc) is 2.63. The molecule has 1 aromatic heterocycles. The Kier molecular flexibility index (Phi) is 3.99. The molecule has 5 fully saturated rings. The summed E-state index contributed by atoms with van der Waals surface area (Å²) in [6.45, 7) is 9.56. The number of piperazine rings is 1. The molecule has 0 radical (unpaired) electrons. The lowest BCUT2D eigenvalue weighted by molar-refractivity contribution is -0.158. The van der Waals surface area contributed by atoms with Crippen LogP contribution in [-0.4, -0.2) is 47.0 Å². The van der Waals surface area contributed by atoms with Crippen molar-refractivity contribution in [1.29, 1.82) is 0 Å². The third-order valence-corrected chi connectivity index (χ3v) is 7.83. The van der Waals surface area contributed by atoms with E-state index in [2.05, 4.69) is 28.6 Å². The van der Waals surface area contributed by atoms with Gasteiger partial charge in [0.15, 0.2) is 0 Å². The lowest BCUT2D eigenvalue weighted by Crippen LogP contribution is -2.58. The molecule has 5 nitrogen and oxygen atoms in total. The van der Waals surface area contributed by atoms with Crippen LogP contribution in [0.2, 0.25) is 0 Å². The summed E-state index contributed by atoms with van der Waals surface area (Å²) in [6.07, 6.45) is 7.69. The molecule has 4 bridgehead atoms. The Hall–Kier alpha value is -1.65. The monoisotopic (exact) mass is 368 g/mol. The smallest absolute Gasteiger partial charge is 0.228 e. The van der Waals surface area contributed by atoms with E-state index in [-0.39, 0.29) is 5.41 Å². The van der Waals surface area contributed by atoms with Crippen molar-refractivity contribution in [2.24, 2.45) is 23.2 Å². The van der Waals surface area contributed by atoms with Crippen LogP contribution in [0.1, 0.15) is 55.6 Å². The first-order valence-corrected chi connectivity index (χ1v) is 10.8. The van der Waals surface area contributed by atoms with E-state index in [4.69, 9.17) is 4.98 Å². The zero-order valence-electron chi connectivity index (χ0n) is 17.0. The highest BCUT2D eigenvalue weighted by Crippen LogP contribution is 2.60. The van der Waals surface area contributed by atoms with Crippen LogP contribution >= 0.6 is 0 Å². The first-order chi connectivity index (χ1) is 12.9. The maximum atomic E-state index is 13.6. The number of rotatable bonds is 2. The Morgan fingerprint density at radius 2 is 1.44 bits per heavy atom. The number of hydrogen-bond donors (Lipinski definition) is 0. The van der Waals surface area contributed by atoms with Crippen LogP contribution in [0.15, 0.2) is 0 Å². The standard InChI is InChI=1S/C22H32N4O/c1-14-15(2)23-16(3)24-20(14)25-4-6-26(7-5-25)21(27)22-11-17-8-18(12-22)10-19(9-17)13-22/h17-19H,4-13H2,1-3H3. The van der Waals surface area contributed by atoms with Crippen LogP contribution in [0.4, 0.5) is 5.82 Å². The van der Waals surface area contributed by atoms with Gasteiger partial charge in [0.05, 0.1) is 5.41 Å². The first kappa shape index (κ1) is 17.4. The minimum absolute atomic E-state index is 0.00503. The third kappa shape index (κ3) is 2.85. The molecule has 1 saturated heterocycles. The molecular weight excluding hydrogens is 336 g/mol. The number of amides is 1. The number of carbonyl (C=O) groups is 1. The number of anilines is 1. The van der Waals surface area contributed by atoms with Gasteiger partial charge in [-0.15, -0.1) is 0 Å². The fourth-order valence-electron chi connectivity index (χ4n) is 6.89. The molecule has 0 unspecified atom stereocenters. The Morgan fingerprint density at radius 3 is 2.00 bits per heavy atom. The lowest BCUT2D eigenvalue weighted by atomic mass is 9.49. The summed E-state index contributed by atoms with van der Waals surface area (Å²) in [4.78, 5) is 27.2. The molecule has 5 aliphatic rings. The van der Waals surface area contributed by atoms with Crippen LogP contribution in [-0.2, 0) is 4.79 Å². The Bertz CT molecular complexity index is 731. The Balaban J connectivity index is 1.29. The molecule has 6 rings (SSSR count). The molecule has 0 aromatic carbocycles. The van der Waals surface area contributed by atoms with E-state index in [1.165, 1.54) is 44.1 Å². The number of carbonyl (C=O) groups excluding carboxylic acids is 1. The minimum Gasteiger partial charge on any atom is -0.353 e. The molecule has 4 aliphatic carbocycles. The average molecular weight is 369 g/mol. The summed E-state index contributed by atoms with van der Waals surface area (Å²) in [5, 5.41) is 0. The molecule has 27 heavy (non-hydrogen) atoms. The second-order valence-corrected chi connectivity index (χ2v) is 9.78. The highest BCUT2D eigenvalue weighted by molar-refractivity contribution is 5.83. The molecule has 146 valence electrons. The van der Waals surface area contributed by atoms with Crippen LogP contribution in [0.3, 0.4) is 0 Å². The predicted molar refractivity (Wildman–Crippen MR) is 106 cm³/mol. The largest absolute Gasteiger partial charge is 0.353 e. The lowest BCUT2D eigenvalue weighted by Gasteiger charge is -2.57. The van der Waals surface area contributed by atoms with Gasteiger partial charge in [-0.3, -0.25) is 4.79 Å². The highest BCUT2D eigenvalue weighted by Gasteiger charge is 2.55. The molecule has 5 heteroatoms. The molecule has 0 N–H and O–H groups in total. The second-order valence-electron chi connectivity index (χ2n) is 9.78. The molecule has 2 heterocycles. The van der Waals surface area contributed by atoms with Crippen molar-refractivity contribution < 1.29 is 4.79 Å². The van der Waals surface area contributed by atoms with Crippen molar-refractivity contribution in [1.82, 2.24) is 14.9 Å². The number of nitrogens with zero attached hydrogens (tertiary/aromatic N) is 4. The molecule has 1 amide bonds. The second kappa shape index (κ2) is 6.18. The van der Waals surface area contributed by atoms with Gasteiger partial charge in [-0.2, -0.15) is 0 Å². The van der Waals surface area contributed by atoms with Crippen molar-refractivity contribution in [2.45, 2.75) is 59.3 Å². The van der Waals surface area contributed by atoms with Crippen LogP contribution < -0.4 is 4.90 Å². The summed E-state index contributed by atoms with van der Waals surface area (Å²) in [6, 6.07) is 0. The normalized spacial score (nSPS) is 35.0. The Morgan fingerprint density at radius 1 is 0.889 bits per heavy atom.